The van der Waals surface area contributed by atoms with Gasteiger partial charge in [0.15, 0.2) is 0 Å². The van der Waals surface area contributed by atoms with Gasteiger partial charge in [0.25, 0.3) is 0 Å². The Morgan fingerprint density at radius 1 is 1.45 bits per heavy atom. The van der Waals surface area contributed by atoms with Crippen LogP contribution in [0.25, 0.3) is 0 Å². The van der Waals surface area contributed by atoms with Gasteiger partial charge in [-0.15, -0.1) is 0 Å². The summed E-state index contributed by atoms with van der Waals surface area (Å²) in [7, 11) is 1.95. The first-order chi connectivity index (χ1) is 5.20. The Morgan fingerprint density at radius 2 is 2.18 bits per heavy atom. The van der Waals surface area contributed by atoms with E-state index in [9.17, 15) is 4.79 Å². The molecular weight excluding hydrogens is 138 g/mol. The Balaban J connectivity index is 2.22. The largest absolute Gasteiger partial charge is 0.342 e. The second kappa shape index (κ2) is 2.23. The smallest absolute Gasteiger partial charge is 0.225 e. The Hall–Kier alpha value is -0.530. The summed E-state index contributed by atoms with van der Waals surface area (Å²) < 4.78 is 0. The average Bonchev–Trinajstić information content (AvgIpc) is 2.24. The number of hydrogen-bond donors (Lipinski definition) is 0. The van der Waals surface area contributed by atoms with Gasteiger partial charge >= 0.3 is 0 Å². The topological polar surface area (TPSA) is 20.3 Å². The predicted molar refractivity (Wildman–Crippen MR) is 43.1 cm³/mol. The van der Waals surface area contributed by atoms with Crippen LogP contribution in [0.15, 0.2) is 0 Å². The van der Waals surface area contributed by atoms with Gasteiger partial charge in [0.05, 0.1) is 0 Å². The van der Waals surface area contributed by atoms with Crippen molar-refractivity contribution in [2.75, 3.05) is 7.05 Å². The van der Waals surface area contributed by atoms with Gasteiger partial charge in [-0.2, -0.15) is 0 Å². The molecule has 2 heteroatoms. The number of amides is 1. The van der Waals surface area contributed by atoms with Crippen LogP contribution >= 0.6 is 0 Å². The minimum Gasteiger partial charge on any atom is -0.342 e. The first-order valence-electron chi connectivity index (χ1n) is 4.47. The second-order valence-electron chi connectivity index (χ2n) is 4.00. The van der Waals surface area contributed by atoms with Crippen LogP contribution in [0, 0.1) is 11.8 Å². The molecule has 0 aromatic carbocycles. The summed E-state index contributed by atoms with van der Waals surface area (Å²) in [6, 6.07) is 0.557. The van der Waals surface area contributed by atoms with Gasteiger partial charge in [-0.3, -0.25) is 4.79 Å². The van der Waals surface area contributed by atoms with Crippen molar-refractivity contribution >= 4 is 5.91 Å². The summed E-state index contributed by atoms with van der Waals surface area (Å²) >= 11 is 0. The van der Waals surface area contributed by atoms with Crippen LogP contribution in [0.3, 0.4) is 0 Å². The lowest BCUT2D eigenvalue weighted by molar-refractivity contribution is -0.130. The van der Waals surface area contributed by atoms with Crippen LogP contribution in [-0.4, -0.2) is 23.9 Å². The standard InChI is InChI=1S/C9H15NO/c1-6-3-4-7-5-8(6)10(2)9(7)11/h6-8H,3-5H2,1-2H3. The van der Waals surface area contributed by atoms with E-state index in [1.165, 1.54) is 6.42 Å². The van der Waals surface area contributed by atoms with Gasteiger partial charge in [0.1, 0.15) is 0 Å². The zero-order chi connectivity index (χ0) is 8.01. The third kappa shape index (κ3) is 0.883. The van der Waals surface area contributed by atoms with Crippen molar-refractivity contribution in [3.8, 4) is 0 Å². The first-order valence-corrected chi connectivity index (χ1v) is 4.47. The Kier molecular flexibility index (Phi) is 1.44. The van der Waals surface area contributed by atoms with Crippen molar-refractivity contribution in [3.63, 3.8) is 0 Å². The molecule has 62 valence electrons. The van der Waals surface area contributed by atoms with E-state index in [1.807, 2.05) is 11.9 Å². The molecule has 3 atom stereocenters. The van der Waals surface area contributed by atoms with Crippen molar-refractivity contribution in [1.82, 2.24) is 4.90 Å². The summed E-state index contributed by atoms with van der Waals surface area (Å²) in [4.78, 5) is 13.4. The van der Waals surface area contributed by atoms with E-state index in [4.69, 9.17) is 0 Å². The summed E-state index contributed by atoms with van der Waals surface area (Å²) in [6.45, 7) is 2.26. The molecule has 2 bridgehead atoms. The molecule has 1 heterocycles. The normalized spacial score (nSPS) is 43.3. The van der Waals surface area contributed by atoms with E-state index < -0.39 is 0 Å². The first kappa shape index (κ1) is 7.14. The van der Waals surface area contributed by atoms with E-state index in [0.29, 0.717) is 17.9 Å². The quantitative estimate of drug-likeness (QED) is 0.513. The van der Waals surface area contributed by atoms with Gasteiger partial charge in [-0.05, 0) is 25.2 Å². The predicted octanol–water partition coefficient (Wildman–Crippen LogP) is 1.26. The highest BCUT2D eigenvalue weighted by molar-refractivity contribution is 5.81. The maximum atomic E-state index is 11.5. The fourth-order valence-electron chi connectivity index (χ4n) is 2.51. The fraction of sp³-hybridized carbons (Fsp3) is 0.889. The number of nitrogens with zero attached hydrogens (tertiary/aromatic N) is 1. The Labute approximate surface area is 67.6 Å². The number of carbonyl (C=O) groups excluding carboxylic acids is 1. The van der Waals surface area contributed by atoms with E-state index in [0.717, 1.165) is 18.8 Å². The molecule has 0 N–H and O–H groups in total. The second-order valence-corrected chi connectivity index (χ2v) is 4.00. The van der Waals surface area contributed by atoms with Crippen LogP contribution in [0.2, 0.25) is 0 Å². The number of likely N-dealkylation sites (tertiary alicyclic amines) is 1. The summed E-state index contributed by atoms with van der Waals surface area (Å²) in [5.74, 6) is 1.49. The maximum absolute atomic E-state index is 11.5. The van der Waals surface area contributed by atoms with Crippen LogP contribution in [-0.2, 0) is 4.79 Å². The lowest BCUT2D eigenvalue weighted by Gasteiger charge is -2.27. The molecule has 2 aliphatic rings. The minimum absolute atomic E-state index is 0.376. The third-order valence-corrected chi connectivity index (χ3v) is 3.35. The molecule has 0 radical (unpaired) electrons. The fourth-order valence-corrected chi connectivity index (χ4v) is 2.51. The van der Waals surface area contributed by atoms with Crippen molar-refractivity contribution < 1.29 is 4.79 Å². The van der Waals surface area contributed by atoms with E-state index in [1.54, 1.807) is 0 Å². The lowest BCUT2D eigenvalue weighted by atomic mass is 9.83. The van der Waals surface area contributed by atoms with Crippen molar-refractivity contribution in [1.29, 1.82) is 0 Å². The van der Waals surface area contributed by atoms with Gasteiger partial charge in [0.2, 0.25) is 5.91 Å². The molecule has 2 fully saturated rings. The molecule has 1 aliphatic carbocycles. The summed E-state index contributed by atoms with van der Waals surface area (Å²) in [5, 5.41) is 0. The van der Waals surface area contributed by atoms with E-state index in [-0.39, 0.29) is 0 Å². The Bertz CT molecular complexity index is 190. The molecule has 2 nitrogen and oxygen atoms in total. The van der Waals surface area contributed by atoms with Gasteiger partial charge < -0.3 is 4.90 Å². The highest BCUT2D eigenvalue weighted by Gasteiger charge is 2.42. The molecule has 2 rings (SSSR count). The van der Waals surface area contributed by atoms with Crippen LogP contribution in [0.1, 0.15) is 26.2 Å². The molecule has 1 amide bonds. The lowest BCUT2D eigenvalue weighted by Crippen LogP contribution is -2.32. The number of carbonyl (C=O) groups is 1. The zero-order valence-electron chi connectivity index (χ0n) is 7.21. The monoisotopic (exact) mass is 153 g/mol. The number of fused-ring (bicyclic) bond motifs is 2. The molecule has 0 aromatic rings. The maximum Gasteiger partial charge on any atom is 0.225 e. The van der Waals surface area contributed by atoms with E-state index >= 15 is 0 Å². The van der Waals surface area contributed by atoms with Gasteiger partial charge in [-0.25, -0.2) is 0 Å². The number of rotatable bonds is 0. The molecule has 1 aliphatic heterocycles. The molecule has 1 saturated carbocycles. The molecule has 3 unspecified atom stereocenters. The highest BCUT2D eigenvalue weighted by Crippen LogP contribution is 2.38. The van der Waals surface area contributed by atoms with E-state index in [2.05, 4.69) is 6.92 Å². The third-order valence-electron chi connectivity index (χ3n) is 3.35. The molecule has 1 saturated heterocycles. The minimum atomic E-state index is 0.376. The average molecular weight is 153 g/mol. The number of hydrogen-bond acceptors (Lipinski definition) is 1. The van der Waals surface area contributed by atoms with Crippen LogP contribution in [0.5, 0.6) is 0 Å². The van der Waals surface area contributed by atoms with Gasteiger partial charge in [0, 0.05) is 19.0 Å². The molecule has 11 heavy (non-hydrogen) atoms. The van der Waals surface area contributed by atoms with Crippen molar-refractivity contribution in [2.24, 2.45) is 11.8 Å². The van der Waals surface area contributed by atoms with Gasteiger partial charge in [-0.1, -0.05) is 6.92 Å². The molecular formula is C9H15NO. The highest BCUT2D eigenvalue weighted by atomic mass is 16.2. The van der Waals surface area contributed by atoms with Crippen molar-refractivity contribution in [2.45, 2.75) is 32.2 Å². The molecule has 0 aromatic heterocycles. The Morgan fingerprint density at radius 3 is 2.82 bits per heavy atom. The molecule has 0 spiro atoms. The SMILES string of the molecule is CC1CCC2CC1N(C)C2=O. The van der Waals surface area contributed by atoms with Crippen LogP contribution < -0.4 is 0 Å². The summed E-state index contributed by atoms with van der Waals surface area (Å²) in [5.41, 5.74) is 0. The zero-order valence-corrected chi connectivity index (χ0v) is 7.21. The van der Waals surface area contributed by atoms with Crippen LogP contribution in [0.4, 0.5) is 0 Å². The van der Waals surface area contributed by atoms with Crippen molar-refractivity contribution in [3.05, 3.63) is 0 Å². The summed E-state index contributed by atoms with van der Waals surface area (Å²) in [6.07, 6.45) is 3.49.